The van der Waals surface area contributed by atoms with E-state index in [1.54, 1.807) is 23.2 Å². The van der Waals surface area contributed by atoms with Crippen LogP contribution in [0, 0.1) is 23.2 Å². The van der Waals surface area contributed by atoms with E-state index in [4.69, 9.17) is 0 Å². The topological polar surface area (TPSA) is 72.3 Å². The molecule has 152 valence electrons. The first-order chi connectivity index (χ1) is 15.2. The first-order valence-electron chi connectivity index (χ1n) is 10.1. The Morgan fingerprint density at radius 2 is 1.65 bits per heavy atom. The standard InChI is InChI=1S/C25H21N5O/c26-19-22-9-5-13-27-24(22)29-14-16-30(17-15-29)25(31)28-23-10-4-8-21(18-23)12-11-20-6-2-1-3-7-20/h1-10,13,18H,14-17H2,(H,28,31). The molecule has 1 fully saturated rings. The van der Waals surface area contributed by atoms with Crippen molar-refractivity contribution < 1.29 is 4.79 Å². The predicted octanol–water partition coefficient (Wildman–Crippen LogP) is 3.71. The second-order valence-corrected chi connectivity index (χ2v) is 7.09. The Bertz CT molecular complexity index is 1170. The average Bonchev–Trinajstić information content (AvgIpc) is 2.84. The van der Waals surface area contributed by atoms with Gasteiger partial charge in [-0.3, -0.25) is 0 Å². The SMILES string of the molecule is N#Cc1cccnc1N1CCN(C(=O)Nc2cccc(C#Cc3ccccc3)c2)CC1. The van der Waals surface area contributed by atoms with E-state index in [1.807, 2.05) is 59.5 Å². The van der Waals surface area contributed by atoms with Gasteiger partial charge in [0.1, 0.15) is 11.9 Å². The van der Waals surface area contributed by atoms with Gasteiger partial charge in [-0.2, -0.15) is 5.26 Å². The van der Waals surface area contributed by atoms with Crippen LogP contribution in [-0.2, 0) is 0 Å². The number of hydrogen-bond acceptors (Lipinski definition) is 4. The Balaban J connectivity index is 1.36. The van der Waals surface area contributed by atoms with Gasteiger partial charge in [0.2, 0.25) is 0 Å². The summed E-state index contributed by atoms with van der Waals surface area (Å²) in [6.45, 7) is 2.37. The van der Waals surface area contributed by atoms with Crippen LogP contribution in [-0.4, -0.2) is 42.1 Å². The number of carbonyl (C=O) groups is 1. The van der Waals surface area contributed by atoms with Crippen molar-refractivity contribution in [1.82, 2.24) is 9.88 Å². The number of pyridine rings is 1. The number of rotatable bonds is 2. The molecule has 4 rings (SSSR count). The molecular formula is C25H21N5O. The second kappa shape index (κ2) is 9.47. The summed E-state index contributed by atoms with van der Waals surface area (Å²) in [4.78, 5) is 20.9. The largest absolute Gasteiger partial charge is 0.352 e. The molecule has 1 aliphatic rings. The van der Waals surface area contributed by atoms with Gasteiger partial charge in [0.25, 0.3) is 0 Å². The van der Waals surface area contributed by atoms with E-state index in [0.717, 1.165) is 11.1 Å². The van der Waals surface area contributed by atoms with Crippen LogP contribution in [0.1, 0.15) is 16.7 Å². The summed E-state index contributed by atoms with van der Waals surface area (Å²) >= 11 is 0. The van der Waals surface area contributed by atoms with Crippen LogP contribution in [0.2, 0.25) is 0 Å². The average molecular weight is 407 g/mol. The van der Waals surface area contributed by atoms with E-state index in [0.29, 0.717) is 43.2 Å². The third-order valence-electron chi connectivity index (χ3n) is 5.01. The number of nitriles is 1. The minimum Gasteiger partial charge on any atom is -0.352 e. The smallest absolute Gasteiger partial charge is 0.321 e. The summed E-state index contributed by atoms with van der Waals surface area (Å²) in [5.41, 5.74) is 3.05. The molecule has 0 spiro atoms. The third kappa shape index (κ3) is 5.01. The lowest BCUT2D eigenvalue weighted by atomic mass is 10.1. The van der Waals surface area contributed by atoms with Gasteiger partial charge in [-0.1, -0.05) is 36.1 Å². The zero-order valence-electron chi connectivity index (χ0n) is 17.0. The molecule has 0 radical (unpaired) electrons. The number of benzene rings is 2. The van der Waals surface area contributed by atoms with Gasteiger partial charge >= 0.3 is 6.03 Å². The van der Waals surface area contributed by atoms with Gasteiger partial charge in [-0.15, -0.1) is 0 Å². The zero-order chi connectivity index (χ0) is 21.5. The number of anilines is 2. The van der Waals surface area contributed by atoms with Crippen molar-refractivity contribution in [2.75, 3.05) is 36.4 Å². The highest BCUT2D eigenvalue weighted by Crippen LogP contribution is 2.19. The minimum atomic E-state index is -0.144. The number of hydrogen-bond donors (Lipinski definition) is 1. The summed E-state index contributed by atoms with van der Waals surface area (Å²) in [7, 11) is 0. The molecule has 1 aliphatic heterocycles. The summed E-state index contributed by atoms with van der Waals surface area (Å²) in [5, 5.41) is 12.2. The van der Waals surface area contributed by atoms with Gasteiger partial charge in [0, 0.05) is 49.2 Å². The van der Waals surface area contributed by atoms with Crippen molar-refractivity contribution >= 4 is 17.5 Å². The van der Waals surface area contributed by atoms with Crippen LogP contribution in [0.3, 0.4) is 0 Å². The molecule has 31 heavy (non-hydrogen) atoms. The van der Waals surface area contributed by atoms with Crippen LogP contribution in [0.25, 0.3) is 0 Å². The molecule has 1 aromatic heterocycles. The Labute approximate surface area is 181 Å². The number of amides is 2. The van der Waals surface area contributed by atoms with Crippen LogP contribution in [0.15, 0.2) is 72.9 Å². The quantitative estimate of drug-likeness (QED) is 0.658. The van der Waals surface area contributed by atoms with Crippen LogP contribution in [0.4, 0.5) is 16.3 Å². The molecule has 0 aliphatic carbocycles. The number of urea groups is 1. The molecule has 0 bridgehead atoms. The van der Waals surface area contributed by atoms with Crippen LogP contribution < -0.4 is 10.2 Å². The number of carbonyl (C=O) groups excluding carboxylic acids is 1. The highest BCUT2D eigenvalue weighted by molar-refractivity contribution is 5.89. The summed E-state index contributed by atoms with van der Waals surface area (Å²) in [6.07, 6.45) is 1.68. The second-order valence-electron chi connectivity index (χ2n) is 7.09. The maximum absolute atomic E-state index is 12.7. The maximum atomic E-state index is 12.7. The van der Waals surface area contributed by atoms with E-state index in [-0.39, 0.29) is 6.03 Å². The van der Waals surface area contributed by atoms with Crippen molar-refractivity contribution in [3.05, 3.63) is 89.6 Å². The first-order valence-corrected chi connectivity index (χ1v) is 10.1. The van der Waals surface area contributed by atoms with Crippen molar-refractivity contribution in [3.8, 4) is 17.9 Å². The van der Waals surface area contributed by atoms with Gasteiger partial charge in [-0.05, 0) is 42.5 Å². The molecule has 1 N–H and O–H groups in total. The van der Waals surface area contributed by atoms with Gasteiger partial charge < -0.3 is 15.1 Å². The van der Waals surface area contributed by atoms with E-state index in [9.17, 15) is 10.1 Å². The zero-order valence-corrected chi connectivity index (χ0v) is 17.0. The molecule has 3 aromatic rings. The first kappa shape index (κ1) is 20.0. The molecule has 2 heterocycles. The monoisotopic (exact) mass is 407 g/mol. The molecule has 0 saturated carbocycles. The van der Waals surface area contributed by atoms with Gasteiger partial charge in [0.15, 0.2) is 0 Å². The number of nitrogens with zero attached hydrogens (tertiary/aromatic N) is 4. The Kier molecular flexibility index (Phi) is 6.11. The minimum absolute atomic E-state index is 0.144. The van der Waals surface area contributed by atoms with E-state index in [1.165, 1.54) is 0 Å². The lowest BCUT2D eigenvalue weighted by Gasteiger charge is -2.35. The maximum Gasteiger partial charge on any atom is 0.321 e. The van der Waals surface area contributed by atoms with Crippen molar-refractivity contribution in [2.24, 2.45) is 0 Å². The Morgan fingerprint density at radius 3 is 2.42 bits per heavy atom. The highest BCUT2D eigenvalue weighted by atomic mass is 16.2. The molecule has 2 aromatic carbocycles. The predicted molar refractivity (Wildman–Crippen MR) is 121 cm³/mol. The molecule has 0 atom stereocenters. The van der Waals surface area contributed by atoms with Crippen molar-refractivity contribution in [1.29, 1.82) is 5.26 Å². The number of piperazine rings is 1. The van der Waals surface area contributed by atoms with Crippen LogP contribution >= 0.6 is 0 Å². The third-order valence-corrected chi connectivity index (χ3v) is 5.01. The Hall–Kier alpha value is -4.29. The number of aromatic nitrogens is 1. The Morgan fingerprint density at radius 1 is 0.903 bits per heavy atom. The fraction of sp³-hybridized carbons (Fsp3) is 0.160. The molecule has 6 nitrogen and oxygen atoms in total. The van der Waals surface area contributed by atoms with Gasteiger partial charge in [0.05, 0.1) is 5.56 Å². The molecule has 2 amide bonds. The molecule has 1 saturated heterocycles. The van der Waals surface area contributed by atoms with Crippen molar-refractivity contribution in [2.45, 2.75) is 0 Å². The normalized spacial score (nSPS) is 13.0. The van der Waals surface area contributed by atoms with Gasteiger partial charge in [-0.25, -0.2) is 9.78 Å². The summed E-state index contributed by atoms with van der Waals surface area (Å²) in [5.74, 6) is 6.94. The molecular weight excluding hydrogens is 386 g/mol. The van der Waals surface area contributed by atoms with E-state index < -0.39 is 0 Å². The lowest BCUT2D eigenvalue weighted by molar-refractivity contribution is 0.208. The van der Waals surface area contributed by atoms with Crippen molar-refractivity contribution in [3.63, 3.8) is 0 Å². The molecule has 0 unspecified atom stereocenters. The molecule has 6 heteroatoms. The summed E-state index contributed by atoms with van der Waals surface area (Å²) in [6, 6.07) is 22.9. The van der Waals surface area contributed by atoms with E-state index >= 15 is 0 Å². The number of nitrogens with one attached hydrogen (secondary N) is 1. The fourth-order valence-corrected chi connectivity index (χ4v) is 3.40. The lowest BCUT2D eigenvalue weighted by Crippen LogP contribution is -2.50. The highest BCUT2D eigenvalue weighted by Gasteiger charge is 2.23. The summed E-state index contributed by atoms with van der Waals surface area (Å²) < 4.78 is 0. The fourth-order valence-electron chi connectivity index (χ4n) is 3.40. The van der Waals surface area contributed by atoms with Crippen LogP contribution in [0.5, 0.6) is 0 Å². The van der Waals surface area contributed by atoms with E-state index in [2.05, 4.69) is 28.2 Å².